The van der Waals surface area contributed by atoms with Crippen LogP contribution in [0.2, 0.25) is 0 Å². The van der Waals surface area contributed by atoms with E-state index >= 15 is 0 Å². The standard InChI is InChI=1S/C27H29BrN2O5/c1-4-5-13-34-27(32)29-22-16-35-25-17(2)7-6-8-23(25)30(26(22)31)15-21-20-11-10-19(28)14-18(20)9-12-24(21)33-3/h6-12,14,22H,4-5,13,15-16H2,1-3H3,(H,29,32). The first kappa shape index (κ1) is 24.9. The van der Waals surface area contributed by atoms with E-state index in [0.717, 1.165) is 39.2 Å². The zero-order valence-electron chi connectivity index (χ0n) is 20.1. The summed E-state index contributed by atoms with van der Waals surface area (Å²) in [7, 11) is 1.62. The molecule has 0 aromatic heterocycles. The van der Waals surface area contributed by atoms with Crippen molar-refractivity contribution < 1.29 is 23.8 Å². The van der Waals surface area contributed by atoms with Gasteiger partial charge in [0.15, 0.2) is 0 Å². The molecule has 0 radical (unpaired) electrons. The first-order valence-corrected chi connectivity index (χ1v) is 12.4. The maximum absolute atomic E-state index is 13.8. The number of para-hydroxylation sites is 1. The maximum atomic E-state index is 13.8. The van der Waals surface area contributed by atoms with Crippen molar-refractivity contribution in [2.75, 3.05) is 25.2 Å². The molecular weight excluding hydrogens is 512 g/mol. The molecule has 1 heterocycles. The lowest BCUT2D eigenvalue weighted by molar-refractivity contribution is -0.121. The number of carbonyl (C=O) groups is 2. The number of aryl methyl sites for hydroxylation is 1. The summed E-state index contributed by atoms with van der Waals surface area (Å²) in [6.07, 6.45) is 1.04. The van der Waals surface area contributed by atoms with E-state index in [2.05, 4.69) is 21.2 Å². The number of nitrogens with zero attached hydrogens (tertiary/aromatic N) is 1. The van der Waals surface area contributed by atoms with Crippen LogP contribution in [-0.2, 0) is 16.1 Å². The first-order valence-electron chi connectivity index (χ1n) is 11.6. The Morgan fingerprint density at radius 2 is 2.06 bits per heavy atom. The Morgan fingerprint density at radius 1 is 1.23 bits per heavy atom. The minimum atomic E-state index is -0.897. The average molecular weight is 541 g/mol. The van der Waals surface area contributed by atoms with E-state index in [4.69, 9.17) is 14.2 Å². The Labute approximate surface area is 213 Å². The number of alkyl carbamates (subject to hydrolysis) is 1. The molecule has 1 atom stereocenters. The molecule has 8 heteroatoms. The summed E-state index contributed by atoms with van der Waals surface area (Å²) < 4.78 is 17.9. The zero-order chi connectivity index (χ0) is 24.9. The molecule has 0 bridgehead atoms. The number of benzene rings is 3. The van der Waals surface area contributed by atoms with Gasteiger partial charge in [-0.15, -0.1) is 0 Å². The van der Waals surface area contributed by atoms with Crippen molar-refractivity contribution in [3.05, 3.63) is 64.1 Å². The van der Waals surface area contributed by atoms with Crippen molar-refractivity contribution in [2.45, 2.75) is 39.3 Å². The van der Waals surface area contributed by atoms with Gasteiger partial charge < -0.3 is 24.4 Å². The summed E-state index contributed by atoms with van der Waals surface area (Å²) in [6, 6.07) is 14.7. The van der Waals surface area contributed by atoms with Crippen LogP contribution in [0.5, 0.6) is 11.5 Å². The highest BCUT2D eigenvalue weighted by Gasteiger charge is 2.34. The fraction of sp³-hybridized carbons (Fsp3) is 0.333. The van der Waals surface area contributed by atoms with Crippen molar-refractivity contribution in [1.29, 1.82) is 0 Å². The van der Waals surface area contributed by atoms with Crippen molar-refractivity contribution >= 4 is 44.4 Å². The predicted molar refractivity (Wildman–Crippen MR) is 139 cm³/mol. The molecule has 0 aliphatic carbocycles. The second-order valence-corrected chi connectivity index (χ2v) is 9.37. The van der Waals surface area contributed by atoms with Gasteiger partial charge in [-0.25, -0.2) is 4.79 Å². The Kier molecular flexibility index (Phi) is 7.80. The lowest BCUT2D eigenvalue weighted by Gasteiger charge is -2.26. The van der Waals surface area contributed by atoms with E-state index in [1.54, 1.807) is 12.0 Å². The number of hydrogen-bond acceptors (Lipinski definition) is 5. The average Bonchev–Trinajstić information content (AvgIpc) is 2.97. The molecule has 4 rings (SSSR count). The molecule has 184 valence electrons. The maximum Gasteiger partial charge on any atom is 0.407 e. The topological polar surface area (TPSA) is 77.1 Å². The number of anilines is 1. The van der Waals surface area contributed by atoms with Gasteiger partial charge in [-0.05, 0) is 53.9 Å². The second kappa shape index (κ2) is 11.0. The quantitative estimate of drug-likeness (QED) is 0.386. The van der Waals surface area contributed by atoms with Crippen LogP contribution in [0.25, 0.3) is 10.8 Å². The molecule has 2 amide bonds. The van der Waals surface area contributed by atoms with Crippen LogP contribution >= 0.6 is 15.9 Å². The minimum Gasteiger partial charge on any atom is -0.496 e. The van der Waals surface area contributed by atoms with Gasteiger partial charge in [0.05, 0.1) is 25.9 Å². The molecule has 1 aliphatic heterocycles. The molecule has 0 fully saturated rings. The molecule has 1 N–H and O–H groups in total. The van der Waals surface area contributed by atoms with E-state index in [9.17, 15) is 9.59 Å². The van der Waals surface area contributed by atoms with E-state index in [1.165, 1.54) is 0 Å². The number of fused-ring (bicyclic) bond motifs is 2. The van der Waals surface area contributed by atoms with Crippen LogP contribution in [0.1, 0.15) is 30.9 Å². The molecule has 35 heavy (non-hydrogen) atoms. The fourth-order valence-electron chi connectivity index (χ4n) is 4.20. The van der Waals surface area contributed by atoms with Gasteiger partial charge in [-0.3, -0.25) is 4.79 Å². The van der Waals surface area contributed by atoms with Gasteiger partial charge in [0.2, 0.25) is 0 Å². The fourth-order valence-corrected chi connectivity index (χ4v) is 4.58. The van der Waals surface area contributed by atoms with Crippen LogP contribution in [0, 0.1) is 6.92 Å². The Morgan fingerprint density at radius 3 is 2.83 bits per heavy atom. The van der Waals surface area contributed by atoms with Crippen molar-refractivity contribution in [2.24, 2.45) is 0 Å². The summed E-state index contributed by atoms with van der Waals surface area (Å²) in [5.74, 6) is 1.01. The number of carbonyl (C=O) groups excluding carboxylic acids is 2. The summed E-state index contributed by atoms with van der Waals surface area (Å²) in [6.45, 7) is 4.50. The molecular formula is C27H29BrN2O5. The number of rotatable bonds is 7. The van der Waals surface area contributed by atoms with Crippen LogP contribution in [-0.4, -0.2) is 38.4 Å². The number of hydrogen-bond donors (Lipinski definition) is 1. The highest BCUT2D eigenvalue weighted by molar-refractivity contribution is 9.10. The number of nitrogens with one attached hydrogen (secondary N) is 1. The number of amides is 2. The van der Waals surface area contributed by atoms with E-state index in [-0.39, 0.29) is 19.1 Å². The normalized spacial score (nSPS) is 15.3. The molecule has 0 saturated carbocycles. The third kappa shape index (κ3) is 5.37. The molecule has 7 nitrogen and oxygen atoms in total. The lowest BCUT2D eigenvalue weighted by atomic mass is 10.0. The van der Waals surface area contributed by atoms with Crippen LogP contribution in [0.15, 0.2) is 53.0 Å². The summed E-state index contributed by atoms with van der Waals surface area (Å²) in [5, 5.41) is 4.69. The monoisotopic (exact) mass is 540 g/mol. The number of ether oxygens (including phenoxy) is 3. The molecule has 0 saturated heterocycles. The number of methoxy groups -OCH3 is 1. The largest absolute Gasteiger partial charge is 0.496 e. The number of halogens is 1. The van der Waals surface area contributed by atoms with Gasteiger partial charge in [-0.1, -0.05) is 53.5 Å². The Hall–Kier alpha value is -3.26. The van der Waals surface area contributed by atoms with Crippen LogP contribution in [0.3, 0.4) is 0 Å². The van der Waals surface area contributed by atoms with E-state index < -0.39 is 12.1 Å². The summed E-state index contributed by atoms with van der Waals surface area (Å²) in [5.41, 5.74) is 2.42. The van der Waals surface area contributed by atoms with Crippen LogP contribution < -0.4 is 19.7 Å². The first-order chi connectivity index (χ1) is 16.9. The third-order valence-corrected chi connectivity index (χ3v) is 6.54. The highest BCUT2D eigenvalue weighted by Crippen LogP contribution is 2.38. The molecule has 3 aromatic carbocycles. The van der Waals surface area contributed by atoms with Gasteiger partial charge >= 0.3 is 6.09 Å². The second-order valence-electron chi connectivity index (χ2n) is 8.46. The molecule has 1 unspecified atom stereocenters. The van der Waals surface area contributed by atoms with Gasteiger partial charge in [0, 0.05) is 10.0 Å². The van der Waals surface area contributed by atoms with Gasteiger partial charge in [0.1, 0.15) is 24.1 Å². The van der Waals surface area contributed by atoms with E-state index in [1.807, 2.05) is 62.4 Å². The Bertz CT molecular complexity index is 1250. The predicted octanol–water partition coefficient (Wildman–Crippen LogP) is 5.74. The smallest absolute Gasteiger partial charge is 0.407 e. The zero-order valence-corrected chi connectivity index (χ0v) is 21.7. The summed E-state index contributed by atoms with van der Waals surface area (Å²) >= 11 is 3.53. The SMILES string of the molecule is CCCCOC(=O)NC1COc2c(C)cccc2N(Cc2c(OC)ccc3cc(Br)ccc23)C1=O. The Balaban J connectivity index is 1.73. The molecule has 0 spiro atoms. The summed E-state index contributed by atoms with van der Waals surface area (Å²) in [4.78, 5) is 27.8. The third-order valence-electron chi connectivity index (χ3n) is 6.05. The van der Waals surface area contributed by atoms with Crippen molar-refractivity contribution in [3.8, 4) is 11.5 Å². The minimum absolute atomic E-state index is 0.00961. The molecule has 3 aromatic rings. The van der Waals surface area contributed by atoms with E-state index in [0.29, 0.717) is 23.8 Å². The van der Waals surface area contributed by atoms with Gasteiger partial charge in [0.25, 0.3) is 5.91 Å². The number of unbranched alkanes of at least 4 members (excludes halogenated alkanes) is 1. The van der Waals surface area contributed by atoms with Gasteiger partial charge in [-0.2, -0.15) is 0 Å². The lowest BCUT2D eigenvalue weighted by Crippen LogP contribution is -2.50. The van der Waals surface area contributed by atoms with Crippen molar-refractivity contribution in [1.82, 2.24) is 5.32 Å². The molecule has 1 aliphatic rings. The van der Waals surface area contributed by atoms with Crippen LogP contribution in [0.4, 0.5) is 10.5 Å². The highest BCUT2D eigenvalue weighted by atomic mass is 79.9. The van der Waals surface area contributed by atoms with Crippen molar-refractivity contribution in [3.63, 3.8) is 0 Å².